The zero-order valence-corrected chi connectivity index (χ0v) is 11.2. The molecule has 2 N–H and O–H groups in total. The highest BCUT2D eigenvalue weighted by Crippen LogP contribution is 2.25. The quantitative estimate of drug-likeness (QED) is 0.538. The van der Waals surface area contributed by atoms with Crippen molar-refractivity contribution in [1.29, 1.82) is 0 Å². The summed E-state index contributed by atoms with van der Waals surface area (Å²) in [6.07, 6.45) is 0. The molecule has 0 spiro atoms. The van der Waals surface area contributed by atoms with Gasteiger partial charge in [0.05, 0.1) is 11.0 Å². The molecule has 4 rings (SSSR count). The lowest BCUT2D eigenvalue weighted by molar-refractivity contribution is 0.100. The Morgan fingerprint density at radius 2 is 1.57 bits per heavy atom. The van der Waals surface area contributed by atoms with Crippen molar-refractivity contribution in [2.24, 2.45) is 5.73 Å². The number of amides is 1. The molecule has 0 fully saturated rings. The molecule has 1 aromatic heterocycles. The molecule has 0 saturated heterocycles. The van der Waals surface area contributed by atoms with Gasteiger partial charge in [0.15, 0.2) is 0 Å². The van der Waals surface area contributed by atoms with Crippen LogP contribution in [0, 0.1) is 0 Å². The number of benzene rings is 3. The number of rotatable bonds is 1. The first-order chi connectivity index (χ1) is 10.2. The van der Waals surface area contributed by atoms with E-state index in [0.717, 1.165) is 32.6 Å². The number of nitrogens with two attached hydrogens (primary N) is 1. The highest BCUT2D eigenvalue weighted by atomic mass is 16.1. The van der Waals surface area contributed by atoms with Crippen LogP contribution in [0.25, 0.3) is 32.6 Å². The molecular weight excluding hydrogens is 260 g/mol. The maximum absolute atomic E-state index is 11.3. The average Bonchev–Trinajstić information content (AvgIpc) is 2.50. The zero-order chi connectivity index (χ0) is 14.4. The third-order valence-corrected chi connectivity index (χ3v) is 3.76. The second-order valence-electron chi connectivity index (χ2n) is 5.15. The van der Waals surface area contributed by atoms with Crippen molar-refractivity contribution in [3.63, 3.8) is 0 Å². The number of para-hydroxylation sites is 1. The number of fused-ring (bicyclic) bond motifs is 3. The predicted molar refractivity (Wildman–Crippen MR) is 85.3 cm³/mol. The van der Waals surface area contributed by atoms with Gasteiger partial charge < -0.3 is 5.73 Å². The minimum atomic E-state index is -0.409. The van der Waals surface area contributed by atoms with Gasteiger partial charge in [0.25, 0.3) is 0 Å². The Kier molecular flexibility index (Phi) is 2.42. The molecule has 0 aliphatic rings. The molecule has 0 aliphatic heterocycles. The first kappa shape index (κ1) is 11.9. The fraction of sp³-hybridized carbons (Fsp3) is 0. The van der Waals surface area contributed by atoms with E-state index in [0.29, 0.717) is 5.56 Å². The smallest absolute Gasteiger partial charge is 0.248 e. The van der Waals surface area contributed by atoms with Crippen LogP contribution in [0.4, 0.5) is 0 Å². The zero-order valence-electron chi connectivity index (χ0n) is 11.2. The Bertz CT molecular complexity index is 1020. The molecule has 0 bridgehead atoms. The Hall–Kier alpha value is -2.94. The number of aromatic nitrogens is 1. The average molecular weight is 272 g/mol. The summed E-state index contributed by atoms with van der Waals surface area (Å²) in [6, 6.07) is 19.7. The highest BCUT2D eigenvalue weighted by Gasteiger charge is 2.05. The monoisotopic (exact) mass is 272 g/mol. The van der Waals surface area contributed by atoms with Crippen molar-refractivity contribution in [3.8, 4) is 0 Å². The molecule has 100 valence electrons. The van der Waals surface area contributed by atoms with E-state index in [9.17, 15) is 4.79 Å². The normalized spacial score (nSPS) is 11.2. The van der Waals surface area contributed by atoms with Crippen LogP contribution in [0.5, 0.6) is 0 Å². The second kappa shape index (κ2) is 4.28. The van der Waals surface area contributed by atoms with Crippen LogP contribution in [-0.2, 0) is 0 Å². The number of carbonyl (C=O) groups is 1. The maximum Gasteiger partial charge on any atom is 0.248 e. The Morgan fingerprint density at radius 1 is 0.762 bits per heavy atom. The van der Waals surface area contributed by atoms with E-state index in [2.05, 4.69) is 12.1 Å². The summed E-state index contributed by atoms with van der Waals surface area (Å²) in [6.45, 7) is 0. The Balaban J connectivity index is 2.07. The van der Waals surface area contributed by atoms with Gasteiger partial charge in [-0.3, -0.25) is 4.79 Å². The van der Waals surface area contributed by atoms with Gasteiger partial charge >= 0.3 is 0 Å². The van der Waals surface area contributed by atoms with Crippen molar-refractivity contribution in [1.82, 2.24) is 4.98 Å². The SMILES string of the molecule is NC(=O)c1ccc2cc3nc4ccccc4cc3cc2c1. The number of hydrogen-bond donors (Lipinski definition) is 1. The predicted octanol–water partition coefficient (Wildman–Crippen LogP) is 3.64. The van der Waals surface area contributed by atoms with Crippen LogP contribution in [-0.4, -0.2) is 10.9 Å². The summed E-state index contributed by atoms with van der Waals surface area (Å²) in [4.78, 5) is 16.0. The second-order valence-corrected chi connectivity index (χ2v) is 5.15. The molecule has 21 heavy (non-hydrogen) atoms. The van der Waals surface area contributed by atoms with E-state index < -0.39 is 5.91 Å². The molecular formula is C18H12N2O. The van der Waals surface area contributed by atoms with E-state index in [1.807, 2.05) is 42.5 Å². The topological polar surface area (TPSA) is 56.0 Å². The first-order valence-electron chi connectivity index (χ1n) is 6.74. The number of carbonyl (C=O) groups excluding carboxylic acids is 1. The largest absolute Gasteiger partial charge is 0.366 e. The number of primary amides is 1. The lowest BCUT2D eigenvalue weighted by Crippen LogP contribution is -2.10. The van der Waals surface area contributed by atoms with Crippen molar-refractivity contribution in [3.05, 3.63) is 66.2 Å². The molecule has 4 aromatic rings. The van der Waals surface area contributed by atoms with E-state index in [4.69, 9.17) is 10.7 Å². The molecule has 3 nitrogen and oxygen atoms in total. The third-order valence-electron chi connectivity index (χ3n) is 3.76. The van der Waals surface area contributed by atoms with Gasteiger partial charge in [-0.1, -0.05) is 24.3 Å². The van der Waals surface area contributed by atoms with E-state index >= 15 is 0 Å². The lowest BCUT2D eigenvalue weighted by atomic mass is 10.0. The summed E-state index contributed by atoms with van der Waals surface area (Å²) in [5.41, 5.74) is 7.80. The summed E-state index contributed by atoms with van der Waals surface area (Å²) in [5, 5.41) is 4.21. The number of pyridine rings is 1. The summed E-state index contributed by atoms with van der Waals surface area (Å²) >= 11 is 0. The summed E-state index contributed by atoms with van der Waals surface area (Å²) < 4.78 is 0. The van der Waals surface area contributed by atoms with Crippen LogP contribution in [0.15, 0.2) is 60.7 Å². The molecule has 1 heterocycles. The van der Waals surface area contributed by atoms with Gasteiger partial charge in [-0.2, -0.15) is 0 Å². The third kappa shape index (κ3) is 1.91. The molecule has 0 aliphatic carbocycles. The molecule has 3 heteroatoms. The van der Waals surface area contributed by atoms with Gasteiger partial charge in [-0.15, -0.1) is 0 Å². The summed E-state index contributed by atoms with van der Waals surface area (Å²) in [7, 11) is 0. The number of nitrogens with zero attached hydrogens (tertiary/aromatic N) is 1. The minimum absolute atomic E-state index is 0.409. The van der Waals surface area contributed by atoms with Crippen LogP contribution < -0.4 is 5.73 Å². The van der Waals surface area contributed by atoms with Gasteiger partial charge in [0.2, 0.25) is 5.91 Å². The highest BCUT2D eigenvalue weighted by molar-refractivity contribution is 6.03. The van der Waals surface area contributed by atoms with E-state index in [1.54, 1.807) is 6.07 Å². The molecule has 0 unspecified atom stereocenters. The Morgan fingerprint density at radius 3 is 2.43 bits per heavy atom. The van der Waals surface area contributed by atoms with Gasteiger partial charge in [-0.25, -0.2) is 4.98 Å². The van der Waals surface area contributed by atoms with E-state index in [1.165, 1.54) is 0 Å². The Labute approximate surface area is 121 Å². The van der Waals surface area contributed by atoms with Crippen molar-refractivity contribution >= 4 is 38.5 Å². The molecule has 3 aromatic carbocycles. The lowest BCUT2D eigenvalue weighted by Gasteiger charge is -2.05. The van der Waals surface area contributed by atoms with Crippen molar-refractivity contribution in [2.75, 3.05) is 0 Å². The van der Waals surface area contributed by atoms with E-state index in [-0.39, 0.29) is 0 Å². The van der Waals surface area contributed by atoms with Crippen molar-refractivity contribution < 1.29 is 4.79 Å². The van der Waals surface area contributed by atoms with Gasteiger partial charge in [-0.05, 0) is 47.2 Å². The fourth-order valence-corrected chi connectivity index (χ4v) is 2.68. The number of hydrogen-bond acceptors (Lipinski definition) is 2. The van der Waals surface area contributed by atoms with Crippen LogP contribution in [0.2, 0.25) is 0 Å². The van der Waals surface area contributed by atoms with Gasteiger partial charge in [0, 0.05) is 16.3 Å². The molecule has 1 amide bonds. The maximum atomic E-state index is 11.3. The molecule has 0 atom stereocenters. The molecule has 0 saturated carbocycles. The van der Waals surface area contributed by atoms with Gasteiger partial charge in [0.1, 0.15) is 0 Å². The summed E-state index contributed by atoms with van der Waals surface area (Å²) in [5.74, 6) is -0.409. The van der Waals surface area contributed by atoms with Crippen LogP contribution in [0.3, 0.4) is 0 Å². The molecule has 0 radical (unpaired) electrons. The minimum Gasteiger partial charge on any atom is -0.366 e. The van der Waals surface area contributed by atoms with Crippen LogP contribution >= 0.6 is 0 Å². The standard InChI is InChI=1S/C18H12N2O/c19-18(21)13-6-5-11-10-17-15(9-14(11)8-13)7-12-3-1-2-4-16(12)20-17/h1-10H,(H2,19,21). The fourth-order valence-electron chi connectivity index (χ4n) is 2.68. The van der Waals surface area contributed by atoms with Crippen LogP contribution in [0.1, 0.15) is 10.4 Å². The first-order valence-corrected chi connectivity index (χ1v) is 6.74. The van der Waals surface area contributed by atoms with Crippen molar-refractivity contribution in [2.45, 2.75) is 0 Å².